The van der Waals surface area contributed by atoms with E-state index in [2.05, 4.69) is 5.32 Å². The fraction of sp³-hybridized carbons (Fsp3) is 0.472. The summed E-state index contributed by atoms with van der Waals surface area (Å²) < 4.78 is 66.1. The van der Waals surface area contributed by atoms with Crippen molar-refractivity contribution in [2.24, 2.45) is 0 Å². The third-order valence-electron chi connectivity index (χ3n) is 9.16. The van der Waals surface area contributed by atoms with Gasteiger partial charge in [-0.1, -0.05) is 19.3 Å². The molecular weight excluding hydrogens is 630 g/mol. The van der Waals surface area contributed by atoms with Gasteiger partial charge < -0.3 is 24.6 Å². The summed E-state index contributed by atoms with van der Waals surface area (Å²) in [6.07, 6.45) is 3.09. The van der Waals surface area contributed by atoms with Crippen LogP contribution in [-0.4, -0.2) is 58.9 Å². The molecule has 48 heavy (non-hydrogen) atoms. The number of carboxylic acid groups (broad SMARTS) is 1. The second-order valence-electron chi connectivity index (χ2n) is 12.9. The van der Waals surface area contributed by atoms with Crippen LogP contribution >= 0.6 is 0 Å². The number of nitrogens with zero attached hydrogens (tertiary/aromatic N) is 2. The standard InChI is InChI=1S/C36H41F4N3O5/c1-21-14-26(38)17-31-33(21)24-13-22(2)34(40)27(16-24)29(18-32(44)45)41-35(46)30(7-5-3-4-6-12-48-31)43-19-23(15-28(39)36(43)47)8-10-42-11-9-25(37)20-42/h13-17,19,25,29-30H,3-12,18,20H2,1-2H3,(H,41,46)(H,44,45)/t25-,29+,30+/m1/s1. The molecule has 0 spiro atoms. The van der Waals surface area contributed by atoms with E-state index in [1.165, 1.54) is 31.3 Å². The summed E-state index contributed by atoms with van der Waals surface area (Å²) in [5, 5.41) is 12.5. The van der Waals surface area contributed by atoms with Crippen molar-refractivity contribution in [1.29, 1.82) is 0 Å². The van der Waals surface area contributed by atoms with Crippen molar-refractivity contribution >= 4 is 11.9 Å². The first-order valence-corrected chi connectivity index (χ1v) is 16.4. The summed E-state index contributed by atoms with van der Waals surface area (Å²) in [6.45, 7) is 4.76. The van der Waals surface area contributed by atoms with Gasteiger partial charge in [0, 0.05) is 43.0 Å². The largest absolute Gasteiger partial charge is 0.493 e. The predicted octanol–water partition coefficient (Wildman–Crippen LogP) is 6.35. The number of amides is 1. The topological polar surface area (TPSA) is 101 Å². The van der Waals surface area contributed by atoms with Gasteiger partial charge in [-0.05, 0) is 86.1 Å². The Bertz CT molecular complexity index is 1730. The molecule has 5 rings (SSSR count). The highest BCUT2D eigenvalue weighted by Crippen LogP contribution is 2.38. The second-order valence-corrected chi connectivity index (χ2v) is 12.9. The number of likely N-dealkylation sites (tertiary alicyclic amines) is 1. The summed E-state index contributed by atoms with van der Waals surface area (Å²) in [5.74, 6) is -4.06. The van der Waals surface area contributed by atoms with Gasteiger partial charge in [0.25, 0.3) is 5.56 Å². The number of fused-ring (bicyclic) bond motifs is 4. The number of hydrogen-bond acceptors (Lipinski definition) is 5. The Balaban J connectivity index is 1.55. The molecular formula is C36H41F4N3O5. The molecule has 1 fully saturated rings. The lowest BCUT2D eigenvalue weighted by molar-refractivity contribution is -0.138. The molecule has 0 aliphatic carbocycles. The molecule has 1 saturated heterocycles. The SMILES string of the molecule is Cc1cc2cc(c1F)[C@H](CC(=O)O)NC(=O)[C@@H](n1cc(CCN3CC[C@@H](F)C3)cc(F)c1=O)CCCCCCOc1cc(F)cc(C)c1-2. The first-order valence-electron chi connectivity index (χ1n) is 16.4. The lowest BCUT2D eigenvalue weighted by Gasteiger charge is -2.26. The fourth-order valence-electron chi connectivity index (χ4n) is 6.71. The van der Waals surface area contributed by atoms with E-state index in [1.54, 1.807) is 13.0 Å². The first-order chi connectivity index (χ1) is 22.9. The number of nitrogens with one attached hydrogen (secondary N) is 1. The van der Waals surface area contributed by atoms with Crippen LogP contribution in [0.3, 0.4) is 0 Å². The highest BCUT2D eigenvalue weighted by molar-refractivity contribution is 5.82. The maximum Gasteiger partial charge on any atom is 0.305 e. The van der Waals surface area contributed by atoms with Gasteiger partial charge in [0.1, 0.15) is 29.6 Å². The number of halogens is 4. The van der Waals surface area contributed by atoms with Crippen LogP contribution in [0.2, 0.25) is 0 Å². The Hall–Kier alpha value is -4.19. The van der Waals surface area contributed by atoms with Crippen LogP contribution in [0.1, 0.15) is 79.3 Å². The van der Waals surface area contributed by atoms with Gasteiger partial charge >= 0.3 is 5.97 Å². The molecule has 2 bridgehead atoms. The number of carboxylic acids is 1. The third kappa shape index (κ3) is 8.26. The van der Waals surface area contributed by atoms with Crippen molar-refractivity contribution in [2.45, 2.75) is 83.5 Å². The Kier molecular flexibility index (Phi) is 11.2. The molecule has 2 aliphatic rings. The van der Waals surface area contributed by atoms with Gasteiger partial charge in [0.2, 0.25) is 5.91 Å². The van der Waals surface area contributed by atoms with Crippen LogP contribution < -0.4 is 15.6 Å². The quantitative estimate of drug-likeness (QED) is 0.297. The minimum Gasteiger partial charge on any atom is -0.493 e. The summed E-state index contributed by atoms with van der Waals surface area (Å²) >= 11 is 0. The number of alkyl halides is 1. The number of aromatic nitrogens is 1. The van der Waals surface area contributed by atoms with E-state index < -0.39 is 59.6 Å². The molecule has 12 heteroatoms. The number of carbonyl (C=O) groups is 2. The lowest BCUT2D eigenvalue weighted by atomic mass is 9.92. The maximum atomic E-state index is 15.8. The zero-order valence-electron chi connectivity index (χ0n) is 27.2. The summed E-state index contributed by atoms with van der Waals surface area (Å²) in [7, 11) is 0. The van der Waals surface area contributed by atoms with Gasteiger partial charge in [-0.3, -0.25) is 14.4 Å². The number of hydrogen-bond donors (Lipinski definition) is 2. The van der Waals surface area contributed by atoms with Crippen LogP contribution in [0, 0.1) is 31.3 Å². The predicted molar refractivity (Wildman–Crippen MR) is 172 cm³/mol. The normalized spacial score (nSPS) is 21.0. The molecule has 2 N–H and O–H groups in total. The number of carbonyl (C=O) groups excluding carboxylic acids is 1. The van der Waals surface area contributed by atoms with Crippen LogP contribution in [0.4, 0.5) is 17.6 Å². The van der Waals surface area contributed by atoms with Gasteiger partial charge in [-0.15, -0.1) is 0 Å². The van der Waals surface area contributed by atoms with E-state index in [9.17, 15) is 28.3 Å². The molecule has 258 valence electrons. The number of benzene rings is 2. The van der Waals surface area contributed by atoms with Crippen molar-refractivity contribution < 1.29 is 37.0 Å². The monoisotopic (exact) mass is 671 g/mol. The number of rotatable bonds is 6. The zero-order chi connectivity index (χ0) is 34.5. The van der Waals surface area contributed by atoms with Gasteiger partial charge in [-0.2, -0.15) is 0 Å². The molecule has 3 aromatic rings. The summed E-state index contributed by atoms with van der Waals surface area (Å²) in [6, 6.07) is 4.12. The number of aliphatic carboxylic acids is 1. The van der Waals surface area contributed by atoms with Crippen molar-refractivity contribution in [3.05, 3.63) is 86.6 Å². The summed E-state index contributed by atoms with van der Waals surface area (Å²) in [5.41, 5.74) is 0.998. The average Bonchev–Trinajstić information content (AvgIpc) is 3.44. The van der Waals surface area contributed by atoms with Gasteiger partial charge in [0.05, 0.1) is 19.1 Å². The van der Waals surface area contributed by atoms with Crippen molar-refractivity contribution in [1.82, 2.24) is 14.8 Å². The van der Waals surface area contributed by atoms with E-state index in [-0.39, 0.29) is 36.4 Å². The molecule has 0 saturated carbocycles. The molecule has 3 heterocycles. The second kappa shape index (κ2) is 15.4. The van der Waals surface area contributed by atoms with E-state index in [4.69, 9.17) is 4.74 Å². The average molecular weight is 672 g/mol. The highest BCUT2D eigenvalue weighted by atomic mass is 19.1. The highest BCUT2D eigenvalue weighted by Gasteiger charge is 2.30. The zero-order valence-corrected chi connectivity index (χ0v) is 27.2. The molecule has 0 unspecified atom stereocenters. The molecule has 2 aromatic carbocycles. The smallest absolute Gasteiger partial charge is 0.305 e. The molecule has 2 aliphatic heterocycles. The summed E-state index contributed by atoms with van der Waals surface area (Å²) in [4.78, 5) is 41.1. The number of ether oxygens (including phenoxy) is 1. The van der Waals surface area contributed by atoms with E-state index in [1.807, 2.05) is 4.90 Å². The third-order valence-corrected chi connectivity index (χ3v) is 9.16. The molecule has 8 nitrogen and oxygen atoms in total. The lowest BCUT2D eigenvalue weighted by Crippen LogP contribution is -2.40. The maximum absolute atomic E-state index is 15.8. The minimum atomic E-state index is -1.36. The van der Waals surface area contributed by atoms with Crippen molar-refractivity contribution in [3.63, 3.8) is 0 Å². The van der Waals surface area contributed by atoms with Gasteiger partial charge in [-0.25, -0.2) is 17.6 Å². The molecule has 0 radical (unpaired) electrons. The van der Waals surface area contributed by atoms with Crippen LogP contribution in [0.15, 0.2) is 41.3 Å². The van der Waals surface area contributed by atoms with E-state index in [0.29, 0.717) is 73.9 Å². The van der Waals surface area contributed by atoms with Crippen molar-refractivity contribution in [3.8, 4) is 16.9 Å². The minimum absolute atomic E-state index is 0.106. The van der Waals surface area contributed by atoms with E-state index >= 15 is 8.78 Å². The van der Waals surface area contributed by atoms with Crippen LogP contribution in [0.5, 0.6) is 5.75 Å². The Morgan fingerprint density at radius 3 is 2.50 bits per heavy atom. The first kappa shape index (κ1) is 35.1. The molecule has 1 aromatic heterocycles. The molecule has 1 amide bonds. The number of pyridine rings is 1. The van der Waals surface area contributed by atoms with Crippen molar-refractivity contribution in [2.75, 3.05) is 26.2 Å². The van der Waals surface area contributed by atoms with E-state index in [0.717, 1.165) is 10.6 Å². The number of aryl methyl sites for hydroxylation is 2. The Labute approximate surface area is 276 Å². The Morgan fingerprint density at radius 1 is 1.00 bits per heavy atom. The molecule has 3 atom stereocenters. The van der Waals surface area contributed by atoms with Crippen LogP contribution in [-0.2, 0) is 16.0 Å². The van der Waals surface area contributed by atoms with Gasteiger partial charge in [0.15, 0.2) is 5.82 Å². The Morgan fingerprint density at radius 2 is 1.77 bits per heavy atom. The fourth-order valence-corrected chi connectivity index (χ4v) is 6.71. The van der Waals surface area contributed by atoms with Crippen LogP contribution in [0.25, 0.3) is 11.1 Å².